The molecule has 16 heavy (non-hydrogen) atoms. The molecular formula is C14H21NO. The maximum Gasteiger partial charge on any atom is 0.149 e. The van der Waals surface area contributed by atoms with Crippen molar-refractivity contribution in [3.8, 4) is 0 Å². The Morgan fingerprint density at radius 2 is 1.88 bits per heavy atom. The topological polar surface area (TPSA) is 43.1 Å². The van der Waals surface area contributed by atoms with Gasteiger partial charge in [-0.3, -0.25) is 4.79 Å². The molecule has 1 aromatic rings. The van der Waals surface area contributed by atoms with Gasteiger partial charge in [0.1, 0.15) is 5.78 Å². The smallest absolute Gasteiger partial charge is 0.149 e. The molecule has 1 rings (SSSR count). The number of carbonyl (C=O) groups excluding carboxylic acids is 1. The van der Waals surface area contributed by atoms with E-state index in [1.165, 1.54) is 0 Å². The van der Waals surface area contributed by atoms with Crippen molar-refractivity contribution in [1.29, 1.82) is 0 Å². The highest BCUT2D eigenvalue weighted by Gasteiger charge is 2.13. The van der Waals surface area contributed by atoms with Gasteiger partial charge in [0, 0.05) is 6.42 Å². The molecule has 0 saturated carbocycles. The summed E-state index contributed by atoms with van der Waals surface area (Å²) in [5, 5.41) is 0. The van der Waals surface area contributed by atoms with Gasteiger partial charge < -0.3 is 5.73 Å². The van der Waals surface area contributed by atoms with E-state index in [-0.39, 0.29) is 11.8 Å². The van der Waals surface area contributed by atoms with E-state index in [0.717, 1.165) is 12.0 Å². The van der Waals surface area contributed by atoms with E-state index >= 15 is 0 Å². The highest BCUT2D eigenvalue weighted by Crippen LogP contribution is 2.08. The van der Waals surface area contributed by atoms with Gasteiger partial charge in [-0.15, -0.1) is 0 Å². The summed E-state index contributed by atoms with van der Waals surface area (Å²) >= 11 is 0. The number of Topliss-reactive ketones (excluding diaryl/α,β-unsaturated/α-hetero) is 1. The molecule has 0 aliphatic heterocycles. The molecule has 0 bridgehead atoms. The van der Waals surface area contributed by atoms with Crippen LogP contribution in [0.2, 0.25) is 0 Å². The monoisotopic (exact) mass is 219 g/mol. The molecule has 0 aromatic heterocycles. The largest absolute Gasteiger partial charge is 0.321 e. The number of carbonyl (C=O) groups is 1. The minimum atomic E-state index is -0.346. The summed E-state index contributed by atoms with van der Waals surface area (Å²) < 4.78 is 0. The lowest BCUT2D eigenvalue weighted by Gasteiger charge is -2.11. The highest BCUT2D eigenvalue weighted by molar-refractivity contribution is 5.84. The van der Waals surface area contributed by atoms with Gasteiger partial charge in [-0.2, -0.15) is 0 Å². The van der Waals surface area contributed by atoms with Crippen molar-refractivity contribution < 1.29 is 4.79 Å². The Morgan fingerprint density at radius 3 is 2.44 bits per heavy atom. The second-order valence-corrected chi connectivity index (χ2v) is 4.70. The molecule has 2 heteroatoms. The molecule has 1 unspecified atom stereocenters. The first-order valence-electron chi connectivity index (χ1n) is 5.92. The zero-order chi connectivity index (χ0) is 12.0. The van der Waals surface area contributed by atoms with Gasteiger partial charge in [0.05, 0.1) is 6.04 Å². The van der Waals surface area contributed by atoms with Crippen molar-refractivity contribution >= 4 is 5.78 Å². The van der Waals surface area contributed by atoms with Crippen molar-refractivity contribution in [2.45, 2.75) is 39.2 Å². The molecule has 88 valence electrons. The van der Waals surface area contributed by atoms with E-state index < -0.39 is 0 Å². The van der Waals surface area contributed by atoms with Crippen LogP contribution in [0.25, 0.3) is 0 Å². The van der Waals surface area contributed by atoms with Gasteiger partial charge >= 0.3 is 0 Å². The minimum Gasteiger partial charge on any atom is -0.321 e. The first-order chi connectivity index (χ1) is 7.59. The second kappa shape index (κ2) is 6.44. The van der Waals surface area contributed by atoms with E-state index in [0.29, 0.717) is 18.8 Å². The maximum absolute atomic E-state index is 11.7. The molecule has 0 radical (unpaired) electrons. The predicted octanol–water partition coefficient (Wildman–Crippen LogP) is 2.56. The summed E-state index contributed by atoms with van der Waals surface area (Å²) in [7, 11) is 0. The number of hydrogen-bond acceptors (Lipinski definition) is 2. The Morgan fingerprint density at radius 1 is 1.25 bits per heavy atom. The molecule has 0 aliphatic carbocycles. The van der Waals surface area contributed by atoms with Crippen LogP contribution in [-0.2, 0) is 11.2 Å². The van der Waals surface area contributed by atoms with Gasteiger partial charge in [0.25, 0.3) is 0 Å². The summed E-state index contributed by atoms with van der Waals surface area (Å²) in [5.74, 6) is 0.741. The molecular weight excluding hydrogens is 198 g/mol. The first kappa shape index (κ1) is 12.9. The summed E-state index contributed by atoms with van der Waals surface area (Å²) in [6.45, 7) is 4.24. The average Bonchev–Trinajstić information content (AvgIpc) is 2.27. The van der Waals surface area contributed by atoms with Crippen molar-refractivity contribution in [1.82, 2.24) is 0 Å². The van der Waals surface area contributed by atoms with E-state index in [1.54, 1.807) is 0 Å². The molecule has 1 atom stereocenters. The molecule has 0 fully saturated rings. The third-order valence-corrected chi connectivity index (χ3v) is 2.68. The number of benzene rings is 1. The van der Waals surface area contributed by atoms with E-state index in [1.807, 2.05) is 30.3 Å². The standard InChI is InChI=1S/C14H21NO/c1-11(2)8-9-14(16)13(15)10-12-6-4-3-5-7-12/h3-7,11,13H,8-10,15H2,1-2H3. The zero-order valence-corrected chi connectivity index (χ0v) is 10.1. The van der Waals surface area contributed by atoms with Gasteiger partial charge in [0.2, 0.25) is 0 Å². The van der Waals surface area contributed by atoms with Crippen molar-refractivity contribution in [2.24, 2.45) is 11.7 Å². The van der Waals surface area contributed by atoms with Crippen LogP contribution in [0.1, 0.15) is 32.3 Å². The van der Waals surface area contributed by atoms with Gasteiger partial charge in [-0.25, -0.2) is 0 Å². The maximum atomic E-state index is 11.7. The number of hydrogen-bond donors (Lipinski definition) is 1. The molecule has 2 N–H and O–H groups in total. The molecule has 0 spiro atoms. The van der Waals surface area contributed by atoms with E-state index in [9.17, 15) is 4.79 Å². The van der Waals surface area contributed by atoms with Crippen LogP contribution in [0, 0.1) is 5.92 Å². The third kappa shape index (κ3) is 4.58. The fourth-order valence-corrected chi connectivity index (χ4v) is 1.60. The third-order valence-electron chi connectivity index (χ3n) is 2.68. The van der Waals surface area contributed by atoms with Gasteiger partial charge in [0.15, 0.2) is 0 Å². The number of nitrogens with two attached hydrogens (primary N) is 1. The second-order valence-electron chi connectivity index (χ2n) is 4.70. The quantitative estimate of drug-likeness (QED) is 0.799. The molecule has 0 saturated heterocycles. The zero-order valence-electron chi connectivity index (χ0n) is 10.1. The van der Waals surface area contributed by atoms with E-state index in [4.69, 9.17) is 5.73 Å². The first-order valence-corrected chi connectivity index (χ1v) is 5.92. The summed E-state index contributed by atoms with van der Waals surface area (Å²) in [6.07, 6.45) is 2.19. The van der Waals surface area contributed by atoms with Crippen LogP contribution in [0.3, 0.4) is 0 Å². The predicted molar refractivity (Wildman–Crippen MR) is 67.2 cm³/mol. The van der Waals surface area contributed by atoms with Crippen LogP contribution < -0.4 is 5.73 Å². The fraction of sp³-hybridized carbons (Fsp3) is 0.500. The summed E-state index contributed by atoms with van der Waals surface area (Å²) in [4.78, 5) is 11.7. The normalized spacial score (nSPS) is 12.8. The Kier molecular flexibility index (Phi) is 5.20. The highest BCUT2D eigenvalue weighted by atomic mass is 16.1. The average molecular weight is 219 g/mol. The Hall–Kier alpha value is -1.15. The molecule has 2 nitrogen and oxygen atoms in total. The summed E-state index contributed by atoms with van der Waals surface area (Å²) in [5.41, 5.74) is 7.02. The van der Waals surface area contributed by atoms with Crippen LogP contribution in [0.15, 0.2) is 30.3 Å². The Bertz CT molecular complexity index is 319. The Labute approximate surface area is 97.9 Å². The SMILES string of the molecule is CC(C)CCC(=O)C(N)Cc1ccccc1. The van der Waals surface area contributed by atoms with Crippen molar-refractivity contribution in [2.75, 3.05) is 0 Å². The van der Waals surface area contributed by atoms with Crippen LogP contribution in [0.5, 0.6) is 0 Å². The molecule has 0 aliphatic rings. The molecule has 0 amide bonds. The Balaban J connectivity index is 2.40. The van der Waals surface area contributed by atoms with Crippen LogP contribution in [-0.4, -0.2) is 11.8 Å². The van der Waals surface area contributed by atoms with Gasteiger partial charge in [-0.05, 0) is 24.3 Å². The minimum absolute atomic E-state index is 0.178. The fourth-order valence-electron chi connectivity index (χ4n) is 1.60. The molecule has 1 aromatic carbocycles. The van der Waals surface area contributed by atoms with E-state index in [2.05, 4.69) is 13.8 Å². The summed E-state index contributed by atoms with van der Waals surface area (Å²) in [6, 6.07) is 9.59. The molecule has 0 heterocycles. The number of rotatable bonds is 6. The van der Waals surface area contributed by atoms with Crippen molar-refractivity contribution in [3.05, 3.63) is 35.9 Å². The lowest BCUT2D eigenvalue weighted by atomic mass is 9.98. The van der Waals surface area contributed by atoms with Crippen LogP contribution in [0.4, 0.5) is 0 Å². The lowest BCUT2D eigenvalue weighted by molar-refractivity contribution is -0.120. The number of ketones is 1. The lowest BCUT2D eigenvalue weighted by Crippen LogP contribution is -2.32. The van der Waals surface area contributed by atoms with Gasteiger partial charge in [-0.1, -0.05) is 44.2 Å². The van der Waals surface area contributed by atoms with Crippen LogP contribution >= 0.6 is 0 Å². The van der Waals surface area contributed by atoms with Crippen molar-refractivity contribution in [3.63, 3.8) is 0 Å².